The molecule has 0 spiro atoms. The van der Waals surface area contributed by atoms with Gasteiger partial charge in [-0.25, -0.2) is 4.79 Å². The van der Waals surface area contributed by atoms with E-state index in [-0.39, 0.29) is 0 Å². The van der Waals surface area contributed by atoms with Gasteiger partial charge in [-0.3, -0.25) is 14.3 Å². The first kappa shape index (κ1) is 17.5. The standard InChI is InChI=1S/C19H18N2O6/c22-10-14-16(24)17(18(27-14)21-9-8-15(23)20-19(21)25)26-13-7-3-5-11-4-1-2-6-12(11)13/h1-9,14,16-18,22,24H,10H2,(H,20,23,25). The molecule has 4 atom stereocenters. The lowest BCUT2D eigenvalue weighted by Crippen LogP contribution is -2.41. The number of benzene rings is 2. The molecule has 0 radical (unpaired) electrons. The number of aromatic amines is 1. The fourth-order valence-electron chi connectivity index (χ4n) is 3.29. The van der Waals surface area contributed by atoms with Crippen LogP contribution in [0.5, 0.6) is 5.75 Å². The quantitative estimate of drug-likeness (QED) is 0.612. The Kier molecular flexibility index (Phi) is 4.53. The van der Waals surface area contributed by atoms with Crippen molar-refractivity contribution in [3.05, 3.63) is 75.6 Å². The van der Waals surface area contributed by atoms with E-state index in [1.54, 1.807) is 6.07 Å². The van der Waals surface area contributed by atoms with Crippen LogP contribution in [-0.4, -0.2) is 44.7 Å². The second-order valence-electron chi connectivity index (χ2n) is 6.32. The van der Waals surface area contributed by atoms with Crippen LogP contribution in [0.15, 0.2) is 64.3 Å². The molecule has 0 bridgehead atoms. The Morgan fingerprint density at radius 3 is 2.67 bits per heavy atom. The van der Waals surface area contributed by atoms with Gasteiger partial charge in [0, 0.05) is 17.6 Å². The van der Waals surface area contributed by atoms with E-state index < -0.39 is 42.4 Å². The smallest absolute Gasteiger partial charge is 0.330 e. The SMILES string of the molecule is O=c1ccn(C2OC(CO)C(O)C2Oc2cccc3ccccc23)c(=O)[nH]1. The average Bonchev–Trinajstić information content (AvgIpc) is 2.98. The van der Waals surface area contributed by atoms with Crippen LogP contribution < -0.4 is 16.0 Å². The van der Waals surface area contributed by atoms with Crippen molar-refractivity contribution in [1.82, 2.24) is 9.55 Å². The lowest BCUT2D eigenvalue weighted by Gasteiger charge is -2.23. The molecule has 27 heavy (non-hydrogen) atoms. The molecule has 1 fully saturated rings. The third-order valence-corrected chi connectivity index (χ3v) is 4.63. The molecular formula is C19H18N2O6. The molecule has 3 aromatic rings. The van der Waals surface area contributed by atoms with Gasteiger partial charge in [0.25, 0.3) is 5.56 Å². The third-order valence-electron chi connectivity index (χ3n) is 4.63. The lowest BCUT2D eigenvalue weighted by molar-refractivity contribution is -0.0522. The number of fused-ring (bicyclic) bond motifs is 1. The van der Waals surface area contributed by atoms with Crippen molar-refractivity contribution in [2.75, 3.05) is 6.61 Å². The number of aliphatic hydroxyl groups excluding tert-OH is 2. The van der Waals surface area contributed by atoms with Crippen LogP contribution in [0.4, 0.5) is 0 Å². The zero-order chi connectivity index (χ0) is 19.0. The summed E-state index contributed by atoms with van der Waals surface area (Å²) in [5, 5.41) is 21.8. The molecule has 4 rings (SSSR count). The van der Waals surface area contributed by atoms with Crippen molar-refractivity contribution in [1.29, 1.82) is 0 Å². The molecule has 1 aliphatic heterocycles. The van der Waals surface area contributed by atoms with Gasteiger partial charge in [0.1, 0.15) is 18.0 Å². The molecule has 2 heterocycles. The van der Waals surface area contributed by atoms with Crippen LogP contribution in [0.1, 0.15) is 6.23 Å². The van der Waals surface area contributed by atoms with Gasteiger partial charge < -0.3 is 19.7 Å². The van der Waals surface area contributed by atoms with Gasteiger partial charge >= 0.3 is 5.69 Å². The van der Waals surface area contributed by atoms with Crippen molar-refractivity contribution < 1.29 is 19.7 Å². The number of aromatic nitrogens is 2. The Bertz CT molecular complexity index is 1070. The fourth-order valence-corrected chi connectivity index (χ4v) is 3.29. The van der Waals surface area contributed by atoms with Crippen molar-refractivity contribution in [2.45, 2.75) is 24.5 Å². The number of rotatable bonds is 4. The Balaban J connectivity index is 1.75. The minimum atomic E-state index is -1.17. The van der Waals surface area contributed by atoms with E-state index in [0.29, 0.717) is 5.75 Å². The van der Waals surface area contributed by atoms with E-state index >= 15 is 0 Å². The molecule has 0 saturated carbocycles. The molecule has 1 aliphatic rings. The molecule has 0 aliphatic carbocycles. The predicted molar refractivity (Wildman–Crippen MR) is 96.7 cm³/mol. The highest BCUT2D eigenvalue weighted by Crippen LogP contribution is 2.34. The van der Waals surface area contributed by atoms with Crippen LogP contribution >= 0.6 is 0 Å². The van der Waals surface area contributed by atoms with Gasteiger partial charge in [0.15, 0.2) is 12.3 Å². The normalized spacial score (nSPS) is 25.0. The topological polar surface area (TPSA) is 114 Å². The number of hydrogen-bond acceptors (Lipinski definition) is 6. The highest BCUT2D eigenvalue weighted by atomic mass is 16.6. The summed E-state index contributed by atoms with van der Waals surface area (Å²) in [5.41, 5.74) is -1.23. The predicted octanol–water partition coefficient (Wildman–Crippen LogP) is 0.388. The van der Waals surface area contributed by atoms with Crippen molar-refractivity contribution in [2.24, 2.45) is 0 Å². The summed E-state index contributed by atoms with van der Waals surface area (Å²) in [4.78, 5) is 25.6. The first-order valence-electron chi connectivity index (χ1n) is 8.49. The van der Waals surface area contributed by atoms with Crippen LogP contribution in [-0.2, 0) is 4.74 Å². The van der Waals surface area contributed by atoms with Crippen LogP contribution in [0, 0.1) is 0 Å². The Morgan fingerprint density at radius 2 is 1.89 bits per heavy atom. The molecular weight excluding hydrogens is 352 g/mol. The Hall–Kier alpha value is -2.94. The fraction of sp³-hybridized carbons (Fsp3) is 0.263. The first-order valence-corrected chi connectivity index (χ1v) is 8.49. The van der Waals surface area contributed by atoms with E-state index in [2.05, 4.69) is 4.98 Å². The maximum Gasteiger partial charge on any atom is 0.330 e. The zero-order valence-corrected chi connectivity index (χ0v) is 14.2. The highest BCUT2D eigenvalue weighted by molar-refractivity contribution is 5.88. The van der Waals surface area contributed by atoms with E-state index in [9.17, 15) is 19.8 Å². The van der Waals surface area contributed by atoms with Crippen molar-refractivity contribution in [3.63, 3.8) is 0 Å². The summed E-state index contributed by atoms with van der Waals surface area (Å²) >= 11 is 0. The molecule has 8 heteroatoms. The zero-order valence-electron chi connectivity index (χ0n) is 14.2. The second-order valence-corrected chi connectivity index (χ2v) is 6.32. The van der Waals surface area contributed by atoms with Crippen molar-refractivity contribution in [3.8, 4) is 5.75 Å². The largest absolute Gasteiger partial charge is 0.482 e. The van der Waals surface area contributed by atoms with Crippen molar-refractivity contribution >= 4 is 10.8 Å². The lowest BCUT2D eigenvalue weighted by atomic mass is 10.1. The monoisotopic (exact) mass is 370 g/mol. The highest BCUT2D eigenvalue weighted by Gasteiger charge is 2.46. The molecule has 2 aromatic carbocycles. The van der Waals surface area contributed by atoms with Crippen LogP contribution in [0.25, 0.3) is 10.8 Å². The molecule has 4 unspecified atom stereocenters. The molecule has 1 aromatic heterocycles. The molecule has 3 N–H and O–H groups in total. The maximum atomic E-state index is 12.2. The van der Waals surface area contributed by atoms with Crippen LogP contribution in [0.2, 0.25) is 0 Å². The van der Waals surface area contributed by atoms with Gasteiger partial charge in [0.2, 0.25) is 0 Å². The van der Waals surface area contributed by atoms with E-state index in [1.807, 2.05) is 36.4 Å². The van der Waals surface area contributed by atoms with Crippen LogP contribution in [0.3, 0.4) is 0 Å². The third kappa shape index (κ3) is 3.14. The number of hydrogen-bond donors (Lipinski definition) is 3. The van der Waals surface area contributed by atoms with Gasteiger partial charge in [-0.15, -0.1) is 0 Å². The summed E-state index contributed by atoms with van der Waals surface area (Å²) in [6.45, 7) is -0.439. The van der Waals surface area contributed by atoms with E-state index in [4.69, 9.17) is 9.47 Å². The van der Waals surface area contributed by atoms with Gasteiger partial charge in [-0.1, -0.05) is 36.4 Å². The Morgan fingerprint density at radius 1 is 1.11 bits per heavy atom. The Labute approximate surface area is 153 Å². The summed E-state index contributed by atoms with van der Waals surface area (Å²) in [7, 11) is 0. The molecule has 140 valence electrons. The number of ether oxygens (including phenoxy) is 2. The van der Waals surface area contributed by atoms with E-state index in [0.717, 1.165) is 15.3 Å². The van der Waals surface area contributed by atoms with Gasteiger partial charge in [-0.05, 0) is 11.5 Å². The summed E-state index contributed by atoms with van der Waals surface area (Å²) in [5.74, 6) is 0.516. The molecule has 1 saturated heterocycles. The number of H-pyrrole nitrogens is 1. The minimum absolute atomic E-state index is 0.439. The second kappa shape index (κ2) is 6.99. The average molecular weight is 370 g/mol. The molecule has 8 nitrogen and oxygen atoms in total. The van der Waals surface area contributed by atoms with Gasteiger partial charge in [0.05, 0.1) is 6.61 Å². The summed E-state index contributed by atoms with van der Waals surface area (Å²) in [6.07, 6.45) is -2.79. The summed E-state index contributed by atoms with van der Waals surface area (Å²) in [6, 6.07) is 14.3. The summed E-state index contributed by atoms with van der Waals surface area (Å²) < 4.78 is 12.8. The maximum absolute atomic E-state index is 12.2. The minimum Gasteiger partial charge on any atom is -0.482 e. The van der Waals surface area contributed by atoms with Gasteiger partial charge in [-0.2, -0.15) is 0 Å². The first-order chi connectivity index (χ1) is 13.1. The molecule has 0 amide bonds. The van der Waals surface area contributed by atoms with E-state index in [1.165, 1.54) is 12.3 Å². The number of nitrogens with one attached hydrogen (secondary N) is 1. The number of nitrogens with zero attached hydrogens (tertiary/aromatic N) is 1. The number of aliphatic hydroxyl groups is 2.